The summed E-state index contributed by atoms with van der Waals surface area (Å²) in [5, 5.41) is 0. The molecule has 0 saturated heterocycles. The molecule has 0 saturated carbocycles. The lowest BCUT2D eigenvalue weighted by Crippen LogP contribution is -2.03. The van der Waals surface area contributed by atoms with E-state index in [1.165, 1.54) is 18.2 Å². The number of benzene rings is 2. The van der Waals surface area contributed by atoms with Crippen molar-refractivity contribution >= 4 is 21.7 Å². The molecular formula is C14H9BrF2O. The van der Waals surface area contributed by atoms with Crippen LogP contribution in [0.1, 0.15) is 21.5 Å². The molecule has 0 radical (unpaired) electrons. The van der Waals surface area contributed by atoms with Gasteiger partial charge in [0.15, 0.2) is 5.78 Å². The highest BCUT2D eigenvalue weighted by atomic mass is 79.9. The van der Waals surface area contributed by atoms with Crippen LogP contribution < -0.4 is 0 Å². The third kappa shape index (κ3) is 2.82. The first kappa shape index (κ1) is 12.9. The van der Waals surface area contributed by atoms with Gasteiger partial charge < -0.3 is 0 Å². The molecule has 0 fully saturated rings. The summed E-state index contributed by atoms with van der Waals surface area (Å²) in [6, 6.07) is 7.95. The van der Waals surface area contributed by atoms with E-state index < -0.39 is 17.4 Å². The zero-order valence-corrected chi connectivity index (χ0v) is 11.1. The van der Waals surface area contributed by atoms with E-state index in [1.807, 2.05) is 0 Å². The summed E-state index contributed by atoms with van der Waals surface area (Å²) in [4.78, 5) is 12.1. The van der Waals surface area contributed by atoms with Crippen molar-refractivity contribution in [1.82, 2.24) is 0 Å². The van der Waals surface area contributed by atoms with Crippen molar-refractivity contribution in [1.29, 1.82) is 0 Å². The molecule has 1 nitrogen and oxygen atoms in total. The average molecular weight is 311 g/mol. The van der Waals surface area contributed by atoms with Gasteiger partial charge in [-0.3, -0.25) is 4.79 Å². The number of rotatable bonds is 2. The second-order valence-electron chi connectivity index (χ2n) is 4.00. The Labute approximate surface area is 112 Å². The molecule has 2 aromatic rings. The van der Waals surface area contributed by atoms with Gasteiger partial charge in [-0.25, -0.2) is 8.78 Å². The zero-order chi connectivity index (χ0) is 13.3. The monoisotopic (exact) mass is 310 g/mol. The lowest BCUT2D eigenvalue weighted by Gasteiger charge is -2.04. The summed E-state index contributed by atoms with van der Waals surface area (Å²) in [6.45, 7) is 1.70. The molecule has 2 aromatic carbocycles. The molecule has 0 aromatic heterocycles. The standard InChI is InChI=1S/C14H9BrF2O/c1-8-2-9(5-12(16)3-8)14(18)10-4-11(15)7-13(17)6-10/h2-7H,1H3. The molecule has 0 aliphatic carbocycles. The van der Waals surface area contributed by atoms with Gasteiger partial charge in [0.05, 0.1) is 0 Å². The van der Waals surface area contributed by atoms with E-state index in [9.17, 15) is 13.6 Å². The van der Waals surface area contributed by atoms with Crippen LogP contribution in [0, 0.1) is 18.6 Å². The van der Waals surface area contributed by atoms with Crippen LogP contribution in [0.3, 0.4) is 0 Å². The van der Waals surface area contributed by atoms with E-state index in [-0.39, 0.29) is 11.1 Å². The minimum Gasteiger partial charge on any atom is -0.289 e. The highest BCUT2D eigenvalue weighted by Gasteiger charge is 2.12. The molecule has 0 aliphatic heterocycles. The van der Waals surface area contributed by atoms with Gasteiger partial charge >= 0.3 is 0 Å². The predicted molar refractivity (Wildman–Crippen MR) is 68.7 cm³/mol. The second kappa shape index (κ2) is 4.98. The Morgan fingerprint density at radius 3 is 2.06 bits per heavy atom. The zero-order valence-electron chi connectivity index (χ0n) is 9.51. The molecule has 0 N–H and O–H groups in total. The Hall–Kier alpha value is -1.55. The molecule has 0 spiro atoms. The Balaban J connectivity index is 2.47. The first-order valence-corrected chi connectivity index (χ1v) is 6.03. The van der Waals surface area contributed by atoms with Crippen LogP contribution in [0.25, 0.3) is 0 Å². The Kier molecular flexibility index (Phi) is 3.57. The highest BCUT2D eigenvalue weighted by molar-refractivity contribution is 9.10. The molecule has 0 heterocycles. The number of ketones is 1. The highest BCUT2D eigenvalue weighted by Crippen LogP contribution is 2.19. The lowest BCUT2D eigenvalue weighted by atomic mass is 10.0. The maximum Gasteiger partial charge on any atom is 0.193 e. The van der Waals surface area contributed by atoms with Crippen molar-refractivity contribution in [3.8, 4) is 0 Å². The van der Waals surface area contributed by atoms with E-state index in [4.69, 9.17) is 0 Å². The van der Waals surface area contributed by atoms with Gasteiger partial charge in [0.1, 0.15) is 11.6 Å². The number of hydrogen-bond acceptors (Lipinski definition) is 1. The first-order chi connectivity index (χ1) is 8.45. The van der Waals surface area contributed by atoms with Crippen molar-refractivity contribution in [3.05, 3.63) is 69.2 Å². The fourth-order valence-electron chi connectivity index (χ4n) is 1.72. The first-order valence-electron chi connectivity index (χ1n) is 5.24. The minimum absolute atomic E-state index is 0.187. The maximum absolute atomic E-state index is 13.2. The van der Waals surface area contributed by atoms with Crippen LogP contribution in [0.15, 0.2) is 40.9 Å². The van der Waals surface area contributed by atoms with E-state index >= 15 is 0 Å². The van der Waals surface area contributed by atoms with Gasteiger partial charge in [0, 0.05) is 15.6 Å². The Morgan fingerprint density at radius 2 is 1.50 bits per heavy atom. The number of carbonyl (C=O) groups is 1. The smallest absolute Gasteiger partial charge is 0.193 e. The Morgan fingerprint density at radius 1 is 0.944 bits per heavy atom. The van der Waals surface area contributed by atoms with Gasteiger partial charge in [0.2, 0.25) is 0 Å². The number of halogens is 3. The van der Waals surface area contributed by atoms with Crippen LogP contribution in [0.2, 0.25) is 0 Å². The topological polar surface area (TPSA) is 17.1 Å². The molecule has 18 heavy (non-hydrogen) atoms. The lowest BCUT2D eigenvalue weighted by molar-refractivity contribution is 0.103. The van der Waals surface area contributed by atoms with Gasteiger partial charge in [-0.2, -0.15) is 0 Å². The van der Waals surface area contributed by atoms with Crippen molar-refractivity contribution in [2.24, 2.45) is 0 Å². The summed E-state index contributed by atoms with van der Waals surface area (Å²) in [5.41, 5.74) is 1.05. The van der Waals surface area contributed by atoms with E-state index in [0.717, 1.165) is 12.1 Å². The molecule has 92 valence electrons. The SMILES string of the molecule is Cc1cc(F)cc(C(=O)c2cc(F)cc(Br)c2)c1. The maximum atomic E-state index is 13.2. The summed E-state index contributed by atoms with van der Waals surface area (Å²) < 4.78 is 26.9. The van der Waals surface area contributed by atoms with Crippen molar-refractivity contribution in [3.63, 3.8) is 0 Å². The molecule has 0 aliphatic rings. The number of carbonyl (C=O) groups excluding carboxylic acids is 1. The molecule has 2 rings (SSSR count). The van der Waals surface area contributed by atoms with Crippen LogP contribution in [0.5, 0.6) is 0 Å². The third-order valence-electron chi connectivity index (χ3n) is 2.43. The van der Waals surface area contributed by atoms with Crippen LogP contribution in [0.4, 0.5) is 8.78 Å². The number of hydrogen-bond donors (Lipinski definition) is 0. The molecule has 0 amide bonds. The van der Waals surface area contributed by atoms with Crippen molar-refractivity contribution < 1.29 is 13.6 Å². The van der Waals surface area contributed by atoms with Gasteiger partial charge in [-0.15, -0.1) is 0 Å². The Bertz CT molecular complexity index is 529. The summed E-state index contributed by atoms with van der Waals surface area (Å²) >= 11 is 3.12. The van der Waals surface area contributed by atoms with E-state index in [1.54, 1.807) is 13.0 Å². The largest absolute Gasteiger partial charge is 0.289 e. The molecule has 0 unspecified atom stereocenters. The van der Waals surface area contributed by atoms with Gasteiger partial charge in [-0.1, -0.05) is 15.9 Å². The van der Waals surface area contributed by atoms with Crippen LogP contribution in [-0.4, -0.2) is 5.78 Å². The quantitative estimate of drug-likeness (QED) is 0.757. The minimum atomic E-state index is -0.513. The summed E-state index contributed by atoms with van der Waals surface area (Å²) in [7, 11) is 0. The summed E-state index contributed by atoms with van der Waals surface area (Å²) in [5.74, 6) is -1.40. The predicted octanol–water partition coefficient (Wildman–Crippen LogP) is 4.27. The van der Waals surface area contributed by atoms with Gasteiger partial charge in [-0.05, 0) is 48.9 Å². The fourth-order valence-corrected chi connectivity index (χ4v) is 2.18. The van der Waals surface area contributed by atoms with Crippen LogP contribution in [-0.2, 0) is 0 Å². The fraction of sp³-hybridized carbons (Fsp3) is 0.0714. The average Bonchev–Trinajstić information content (AvgIpc) is 2.25. The van der Waals surface area contributed by atoms with E-state index in [0.29, 0.717) is 10.0 Å². The number of aryl methyl sites for hydroxylation is 1. The van der Waals surface area contributed by atoms with Crippen molar-refractivity contribution in [2.45, 2.75) is 6.92 Å². The molecular weight excluding hydrogens is 302 g/mol. The summed E-state index contributed by atoms with van der Waals surface area (Å²) in [6.07, 6.45) is 0. The molecule has 0 bridgehead atoms. The van der Waals surface area contributed by atoms with Crippen molar-refractivity contribution in [2.75, 3.05) is 0 Å². The third-order valence-corrected chi connectivity index (χ3v) is 2.89. The second-order valence-corrected chi connectivity index (χ2v) is 4.92. The molecule has 0 atom stereocenters. The van der Waals surface area contributed by atoms with E-state index in [2.05, 4.69) is 15.9 Å². The van der Waals surface area contributed by atoms with Gasteiger partial charge in [0.25, 0.3) is 0 Å². The molecule has 4 heteroatoms. The normalized spacial score (nSPS) is 10.4. The van der Waals surface area contributed by atoms with Crippen LogP contribution >= 0.6 is 15.9 Å².